The van der Waals surface area contributed by atoms with Crippen LogP contribution in [0.5, 0.6) is 0 Å². The third-order valence-electron chi connectivity index (χ3n) is 4.32. The van der Waals surface area contributed by atoms with E-state index in [1.165, 1.54) is 5.56 Å². The fraction of sp³-hybridized carbons (Fsp3) is 0.381. The van der Waals surface area contributed by atoms with E-state index in [1.807, 2.05) is 47.4 Å². The molecule has 0 radical (unpaired) electrons. The van der Waals surface area contributed by atoms with Gasteiger partial charge in [-0.15, -0.1) is 0 Å². The van der Waals surface area contributed by atoms with Gasteiger partial charge in [-0.3, -0.25) is 4.79 Å². The third kappa shape index (κ3) is 6.59. The number of anilines is 1. The number of aryl methyl sites for hydroxylation is 2. The van der Waals surface area contributed by atoms with E-state index in [2.05, 4.69) is 12.1 Å². The molecule has 0 aliphatic rings. The van der Waals surface area contributed by atoms with E-state index in [0.29, 0.717) is 26.0 Å². The minimum atomic E-state index is 0.161. The van der Waals surface area contributed by atoms with Crippen molar-refractivity contribution in [1.82, 2.24) is 4.90 Å². The normalized spacial score (nSPS) is 10.6. The summed E-state index contributed by atoms with van der Waals surface area (Å²) >= 11 is 0. The van der Waals surface area contributed by atoms with Crippen molar-refractivity contribution in [3.63, 3.8) is 0 Å². The lowest BCUT2D eigenvalue weighted by molar-refractivity contribution is -0.131. The number of rotatable bonds is 10. The highest BCUT2D eigenvalue weighted by Gasteiger charge is 2.13. The van der Waals surface area contributed by atoms with Gasteiger partial charge >= 0.3 is 0 Å². The highest BCUT2D eigenvalue weighted by Crippen LogP contribution is 2.14. The van der Waals surface area contributed by atoms with Gasteiger partial charge in [0.1, 0.15) is 0 Å². The van der Waals surface area contributed by atoms with Gasteiger partial charge in [0.15, 0.2) is 0 Å². The molecule has 0 saturated heterocycles. The van der Waals surface area contributed by atoms with Crippen LogP contribution in [0.25, 0.3) is 0 Å². The summed E-state index contributed by atoms with van der Waals surface area (Å²) in [6.45, 7) is 1.94. The molecular weight excluding hydrogens is 312 g/mol. The molecule has 2 rings (SSSR count). The van der Waals surface area contributed by atoms with Gasteiger partial charge in [-0.05, 0) is 36.5 Å². The molecule has 134 valence electrons. The summed E-state index contributed by atoms with van der Waals surface area (Å²) in [6.07, 6.45) is 3.08. The van der Waals surface area contributed by atoms with Crippen LogP contribution < -0.4 is 5.73 Å². The Hall–Kier alpha value is -2.33. The Morgan fingerprint density at radius 1 is 1.00 bits per heavy atom. The van der Waals surface area contributed by atoms with Crippen molar-refractivity contribution in [2.45, 2.75) is 25.7 Å². The van der Waals surface area contributed by atoms with Crippen LogP contribution in [0, 0.1) is 0 Å². The molecule has 1 amide bonds. The molecule has 4 heteroatoms. The first-order chi connectivity index (χ1) is 12.2. The van der Waals surface area contributed by atoms with Crippen molar-refractivity contribution in [2.24, 2.45) is 0 Å². The van der Waals surface area contributed by atoms with Gasteiger partial charge in [0.2, 0.25) is 5.91 Å². The van der Waals surface area contributed by atoms with E-state index in [1.54, 1.807) is 7.11 Å². The molecule has 2 aromatic carbocycles. The van der Waals surface area contributed by atoms with Crippen LogP contribution >= 0.6 is 0 Å². The molecule has 0 bridgehead atoms. The van der Waals surface area contributed by atoms with E-state index < -0.39 is 0 Å². The van der Waals surface area contributed by atoms with Crippen LogP contribution in [0.4, 0.5) is 5.69 Å². The fourth-order valence-corrected chi connectivity index (χ4v) is 2.84. The number of amides is 1. The molecule has 25 heavy (non-hydrogen) atoms. The Bertz CT molecular complexity index is 643. The zero-order valence-electron chi connectivity index (χ0n) is 15.0. The smallest absolute Gasteiger partial charge is 0.222 e. The first-order valence-corrected chi connectivity index (χ1v) is 8.84. The molecule has 0 spiro atoms. The van der Waals surface area contributed by atoms with E-state index >= 15 is 0 Å². The average molecular weight is 340 g/mol. The number of hydrogen-bond acceptors (Lipinski definition) is 3. The Balaban J connectivity index is 1.84. The van der Waals surface area contributed by atoms with E-state index in [9.17, 15) is 4.79 Å². The largest absolute Gasteiger partial charge is 0.399 e. The van der Waals surface area contributed by atoms with Crippen LogP contribution in [0.15, 0.2) is 54.6 Å². The number of hydrogen-bond donors (Lipinski definition) is 1. The zero-order chi connectivity index (χ0) is 17.9. The lowest BCUT2D eigenvalue weighted by atomic mass is 10.1. The zero-order valence-corrected chi connectivity index (χ0v) is 15.0. The van der Waals surface area contributed by atoms with Gasteiger partial charge in [-0.2, -0.15) is 0 Å². The average Bonchev–Trinajstić information content (AvgIpc) is 2.64. The quantitative estimate of drug-likeness (QED) is 0.675. The number of nitrogen functional groups attached to an aromatic ring is 1. The number of carbonyl (C=O) groups excluding carboxylic acids is 1. The van der Waals surface area contributed by atoms with Gasteiger partial charge in [-0.1, -0.05) is 48.5 Å². The second-order valence-electron chi connectivity index (χ2n) is 6.16. The molecule has 0 fully saturated rings. The van der Waals surface area contributed by atoms with Crippen molar-refractivity contribution in [3.05, 3.63) is 65.7 Å². The lowest BCUT2D eigenvalue weighted by Crippen LogP contribution is -2.35. The SMILES string of the molecule is COCCN(CCCc1ccccc1)C(=O)CCc1ccccc1N. The molecule has 0 saturated carbocycles. The van der Waals surface area contributed by atoms with Gasteiger partial charge in [0, 0.05) is 32.3 Å². The molecule has 0 heterocycles. The fourth-order valence-electron chi connectivity index (χ4n) is 2.84. The summed E-state index contributed by atoms with van der Waals surface area (Å²) in [5.74, 6) is 0.161. The Labute approximate surface area is 150 Å². The van der Waals surface area contributed by atoms with Crippen LogP contribution in [0.2, 0.25) is 0 Å². The molecule has 0 aliphatic carbocycles. The highest BCUT2D eigenvalue weighted by atomic mass is 16.5. The van der Waals surface area contributed by atoms with Crippen LogP contribution in [0.3, 0.4) is 0 Å². The molecule has 2 N–H and O–H groups in total. The number of ether oxygens (including phenoxy) is 1. The molecule has 0 unspecified atom stereocenters. The minimum Gasteiger partial charge on any atom is -0.399 e. The number of carbonyl (C=O) groups is 1. The minimum absolute atomic E-state index is 0.161. The number of benzene rings is 2. The number of nitrogens with zero attached hydrogens (tertiary/aromatic N) is 1. The number of nitrogens with two attached hydrogens (primary N) is 1. The highest BCUT2D eigenvalue weighted by molar-refractivity contribution is 5.76. The first-order valence-electron chi connectivity index (χ1n) is 8.84. The first kappa shape index (κ1) is 19.0. The molecule has 0 aromatic heterocycles. The van der Waals surface area contributed by atoms with Gasteiger partial charge in [-0.25, -0.2) is 0 Å². The van der Waals surface area contributed by atoms with Gasteiger partial charge in [0.05, 0.1) is 6.61 Å². The Kier molecular flexibility index (Phi) is 7.99. The maximum atomic E-state index is 12.6. The Morgan fingerprint density at radius 3 is 2.44 bits per heavy atom. The summed E-state index contributed by atoms with van der Waals surface area (Å²) in [5, 5.41) is 0. The second-order valence-corrected chi connectivity index (χ2v) is 6.16. The summed E-state index contributed by atoms with van der Waals surface area (Å²) in [5.41, 5.74) is 9.05. The van der Waals surface area contributed by atoms with Crippen molar-refractivity contribution in [3.8, 4) is 0 Å². The molecular formula is C21H28N2O2. The molecule has 0 aliphatic heterocycles. The van der Waals surface area contributed by atoms with Gasteiger partial charge < -0.3 is 15.4 Å². The van der Waals surface area contributed by atoms with Crippen molar-refractivity contribution in [1.29, 1.82) is 0 Å². The second kappa shape index (κ2) is 10.5. The third-order valence-corrected chi connectivity index (χ3v) is 4.32. The van der Waals surface area contributed by atoms with Crippen molar-refractivity contribution < 1.29 is 9.53 Å². The molecule has 0 atom stereocenters. The summed E-state index contributed by atoms with van der Waals surface area (Å²) in [6, 6.07) is 18.1. The predicted octanol–water partition coefficient (Wildman–Crippen LogP) is 3.31. The van der Waals surface area contributed by atoms with Gasteiger partial charge in [0.25, 0.3) is 0 Å². The summed E-state index contributed by atoms with van der Waals surface area (Å²) in [7, 11) is 1.66. The van der Waals surface area contributed by atoms with E-state index in [0.717, 1.165) is 30.6 Å². The van der Waals surface area contributed by atoms with Crippen LogP contribution in [0.1, 0.15) is 24.0 Å². The number of para-hydroxylation sites is 1. The van der Waals surface area contributed by atoms with Crippen molar-refractivity contribution in [2.75, 3.05) is 32.5 Å². The molecule has 2 aromatic rings. The van der Waals surface area contributed by atoms with Crippen molar-refractivity contribution >= 4 is 11.6 Å². The van der Waals surface area contributed by atoms with Crippen LogP contribution in [-0.2, 0) is 22.4 Å². The molecule has 4 nitrogen and oxygen atoms in total. The maximum absolute atomic E-state index is 12.6. The van der Waals surface area contributed by atoms with E-state index in [-0.39, 0.29) is 5.91 Å². The Morgan fingerprint density at radius 2 is 1.72 bits per heavy atom. The summed E-state index contributed by atoms with van der Waals surface area (Å²) in [4.78, 5) is 14.5. The predicted molar refractivity (Wildman–Crippen MR) is 102 cm³/mol. The maximum Gasteiger partial charge on any atom is 0.222 e. The summed E-state index contributed by atoms with van der Waals surface area (Å²) < 4.78 is 5.16. The standard InChI is InChI=1S/C21H28N2O2/c1-25-17-16-23(15-7-10-18-8-3-2-4-9-18)21(24)14-13-19-11-5-6-12-20(19)22/h2-6,8-9,11-12H,7,10,13-17,22H2,1H3. The van der Waals surface area contributed by atoms with E-state index in [4.69, 9.17) is 10.5 Å². The number of methoxy groups -OCH3 is 1. The topological polar surface area (TPSA) is 55.6 Å². The lowest BCUT2D eigenvalue weighted by Gasteiger charge is -2.22. The monoisotopic (exact) mass is 340 g/mol. The van der Waals surface area contributed by atoms with Crippen LogP contribution in [-0.4, -0.2) is 37.6 Å².